The van der Waals surface area contributed by atoms with Gasteiger partial charge in [0.2, 0.25) is 5.91 Å². The highest BCUT2D eigenvalue weighted by atomic mass is 16.2. The molecular weight excluding hydrogens is 280 g/mol. The van der Waals surface area contributed by atoms with Crippen LogP contribution in [0.1, 0.15) is 46.0 Å². The van der Waals surface area contributed by atoms with E-state index in [1.165, 1.54) is 19.3 Å². The lowest BCUT2D eigenvalue weighted by molar-refractivity contribution is -0.136. The zero-order chi connectivity index (χ0) is 16.1. The summed E-state index contributed by atoms with van der Waals surface area (Å²) in [5.41, 5.74) is 5.80. The monoisotopic (exact) mass is 310 g/mol. The Balaban J connectivity index is 1.76. The largest absolute Gasteiger partial charge is 0.339 e. The number of urea groups is 1. The van der Waals surface area contributed by atoms with Gasteiger partial charge in [0.1, 0.15) is 0 Å². The van der Waals surface area contributed by atoms with Crippen LogP contribution >= 0.6 is 0 Å². The molecule has 0 aromatic carbocycles. The number of amides is 3. The van der Waals surface area contributed by atoms with Crippen LogP contribution in [0.4, 0.5) is 4.79 Å². The Bertz CT molecular complexity index is 386. The van der Waals surface area contributed by atoms with Crippen molar-refractivity contribution in [2.24, 2.45) is 11.7 Å². The second kappa shape index (κ2) is 7.81. The summed E-state index contributed by atoms with van der Waals surface area (Å²) in [5, 5.41) is 3.14. The van der Waals surface area contributed by atoms with Crippen molar-refractivity contribution in [1.82, 2.24) is 15.1 Å². The summed E-state index contributed by atoms with van der Waals surface area (Å²) in [6.07, 6.45) is 5.89. The Morgan fingerprint density at radius 2 is 1.55 bits per heavy atom. The number of piperazine rings is 1. The van der Waals surface area contributed by atoms with Crippen LogP contribution in [0.15, 0.2) is 0 Å². The van der Waals surface area contributed by atoms with Gasteiger partial charge in [-0.25, -0.2) is 4.79 Å². The zero-order valence-electron chi connectivity index (χ0n) is 13.9. The summed E-state index contributed by atoms with van der Waals surface area (Å²) in [5.74, 6) is -0.0649. The minimum atomic E-state index is -0.164. The van der Waals surface area contributed by atoms with Crippen LogP contribution in [-0.2, 0) is 4.79 Å². The topological polar surface area (TPSA) is 78.7 Å². The van der Waals surface area contributed by atoms with Crippen molar-refractivity contribution in [2.75, 3.05) is 26.2 Å². The third-order valence-electron chi connectivity index (χ3n) is 4.99. The molecule has 3 amide bonds. The van der Waals surface area contributed by atoms with Gasteiger partial charge >= 0.3 is 6.03 Å². The lowest BCUT2D eigenvalue weighted by Gasteiger charge is -2.37. The summed E-state index contributed by atoms with van der Waals surface area (Å²) in [6.45, 7) is 6.15. The molecule has 2 rings (SSSR count). The zero-order valence-corrected chi connectivity index (χ0v) is 13.9. The molecule has 3 N–H and O–H groups in total. The van der Waals surface area contributed by atoms with Crippen LogP contribution in [0.5, 0.6) is 0 Å². The molecule has 0 aromatic heterocycles. The molecule has 126 valence electrons. The summed E-state index contributed by atoms with van der Waals surface area (Å²) in [6, 6.07) is 0.221. The van der Waals surface area contributed by atoms with E-state index >= 15 is 0 Å². The lowest BCUT2D eigenvalue weighted by atomic mass is 9.96. The fourth-order valence-corrected chi connectivity index (χ4v) is 3.16. The number of nitrogens with zero attached hydrogens (tertiary/aromatic N) is 2. The van der Waals surface area contributed by atoms with E-state index in [0.29, 0.717) is 32.2 Å². The fraction of sp³-hybridized carbons (Fsp3) is 0.875. The summed E-state index contributed by atoms with van der Waals surface area (Å²) < 4.78 is 0. The van der Waals surface area contributed by atoms with Gasteiger partial charge in [-0.05, 0) is 19.8 Å². The highest BCUT2D eigenvalue weighted by molar-refractivity contribution is 5.80. The Labute approximate surface area is 133 Å². The molecule has 6 nitrogen and oxygen atoms in total. The Hall–Kier alpha value is -1.30. The molecule has 1 aliphatic carbocycles. The third-order valence-corrected chi connectivity index (χ3v) is 4.99. The fourth-order valence-electron chi connectivity index (χ4n) is 3.16. The van der Waals surface area contributed by atoms with Crippen molar-refractivity contribution in [1.29, 1.82) is 0 Å². The number of carbonyl (C=O) groups is 2. The first-order valence-corrected chi connectivity index (χ1v) is 8.59. The van der Waals surface area contributed by atoms with Gasteiger partial charge in [0.15, 0.2) is 0 Å². The summed E-state index contributed by atoms with van der Waals surface area (Å²) in [7, 11) is 0. The quantitative estimate of drug-likeness (QED) is 0.821. The second-order valence-electron chi connectivity index (χ2n) is 6.74. The predicted molar refractivity (Wildman–Crippen MR) is 86.4 cm³/mol. The maximum atomic E-state index is 12.3. The average Bonchev–Trinajstić information content (AvgIpc) is 2.54. The number of nitrogens with one attached hydrogen (secondary N) is 1. The van der Waals surface area contributed by atoms with Crippen LogP contribution in [0.2, 0.25) is 0 Å². The predicted octanol–water partition coefficient (Wildman–Crippen LogP) is 1.16. The van der Waals surface area contributed by atoms with Crippen molar-refractivity contribution >= 4 is 11.9 Å². The maximum Gasteiger partial charge on any atom is 0.317 e. The summed E-state index contributed by atoms with van der Waals surface area (Å²) >= 11 is 0. The van der Waals surface area contributed by atoms with Crippen LogP contribution in [0, 0.1) is 5.92 Å². The SMILES string of the molecule is CC(N)C(C)C(=O)N1CCN(C(=O)NC2CCCCC2)CC1. The minimum absolute atomic E-state index is 0.0271. The normalized spacial score (nSPS) is 23.0. The van der Waals surface area contributed by atoms with E-state index in [1.807, 2.05) is 23.6 Å². The molecule has 22 heavy (non-hydrogen) atoms. The van der Waals surface area contributed by atoms with E-state index in [0.717, 1.165) is 12.8 Å². The molecule has 1 aliphatic heterocycles. The first-order chi connectivity index (χ1) is 10.5. The van der Waals surface area contributed by atoms with E-state index in [4.69, 9.17) is 5.73 Å². The van der Waals surface area contributed by atoms with Crippen molar-refractivity contribution in [3.05, 3.63) is 0 Å². The molecule has 2 aliphatic rings. The highest BCUT2D eigenvalue weighted by Gasteiger charge is 2.29. The van der Waals surface area contributed by atoms with Gasteiger partial charge in [0, 0.05) is 38.3 Å². The molecule has 0 aromatic rings. The van der Waals surface area contributed by atoms with Crippen LogP contribution in [0.25, 0.3) is 0 Å². The van der Waals surface area contributed by atoms with Crippen LogP contribution < -0.4 is 11.1 Å². The molecule has 2 fully saturated rings. The molecule has 1 saturated heterocycles. The second-order valence-corrected chi connectivity index (χ2v) is 6.74. The number of rotatable bonds is 3. The van der Waals surface area contributed by atoms with Gasteiger partial charge in [-0.1, -0.05) is 26.2 Å². The smallest absolute Gasteiger partial charge is 0.317 e. The minimum Gasteiger partial charge on any atom is -0.339 e. The van der Waals surface area contributed by atoms with Gasteiger partial charge < -0.3 is 20.9 Å². The molecular formula is C16H30N4O2. The van der Waals surface area contributed by atoms with Gasteiger partial charge in [-0.3, -0.25) is 4.79 Å². The van der Waals surface area contributed by atoms with E-state index in [1.54, 1.807) is 0 Å². The maximum absolute atomic E-state index is 12.3. The van der Waals surface area contributed by atoms with E-state index < -0.39 is 0 Å². The van der Waals surface area contributed by atoms with E-state index in [2.05, 4.69) is 5.32 Å². The van der Waals surface area contributed by atoms with Crippen molar-refractivity contribution in [2.45, 2.75) is 58.0 Å². The van der Waals surface area contributed by atoms with E-state index in [-0.39, 0.29) is 23.9 Å². The highest BCUT2D eigenvalue weighted by Crippen LogP contribution is 2.18. The molecule has 1 saturated carbocycles. The van der Waals surface area contributed by atoms with Crippen molar-refractivity contribution < 1.29 is 9.59 Å². The number of nitrogens with two attached hydrogens (primary N) is 1. The average molecular weight is 310 g/mol. The van der Waals surface area contributed by atoms with Gasteiger partial charge in [-0.2, -0.15) is 0 Å². The Morgan fingerprint density at radius 1 is 1.00 bits per heavy atom. The van der Waals surface area contributed by atoms with Crippen molar-refractivity contribution in [3.63, 3.8) is 0 Å². The lowest BCUT2D eigenvalue weighted by Crippen LogP contribution is -2.56. The van der Waals surface area contributed by atoms with Crippen LogP contribution in [0.3, 0.4) is 0 Å². The number of hydrogen-bond donors (Lipinski definition) is 2. The molecule has 1 heterocycles. The van der Waals surface area contributed by atoms with Gasteiger partial charge in [-0.15, -0.1) is 0 Å². The van der Waals surface area contributed by atoms with Crippen molar-refractivity contribution in [3.8, 4) is 0 Å². The first kappa shape index (κ1) is 17.1. The Morgan fingerprint density at radius 3 is 2.09 bits per heavy atom. The van der Waals surface area contributed by atoms with Gasteiger partial charge in [0.25, 0.3) is 0 Å². The molecule has 0 spiro atoms. The van der Waals surface area contributed by atoms with Gasteiger partial charge in [0.05, 0.1) is 5.92 Å². The molecule has 2 unspecified atom stereocenters. The number of hydrogen-bond acceptors (Lipinski definition) is 3. The first-order valence-electron chi connectivity index (χ1n) is 8.59. The summed E-state index contributed by atoms with van der Waals surface area (Å²) in [4.78, 5) is 28.2. The Kier molecular flexibility index (Phi) is 6.06. The molecule has 0 radical (unpaired) electrons. The molecule has 6 heteroatoms. The van der Waals surface area contributed by atoms with E-state index in [9.17, 15) is 9.59 Å². The number of carbonyl (C=O) groups excluding carboxylic acids is 2. The molecule has 0 bridgehead atoms. The third kappa shape index (κ3) is 4.35. The van der Waals surface area contributed by atoms with Crippen LogP contribution in [-0.4, -0.2) is 60.0 Å². The standard InChI is InChI=1S/C16H30N4O2/c1-12(13(2)17)15(21)19-8-10-20(11-9-19)16(22)18-14-6-4-3-5-7-14/h12-14H,3-11,17H2,1-2H3,(H,18,22). The molecule has 2 atom stereocenters.